The summed E-state index contributed by atoms with van der Waals surface area (Å²) >= 11 is 0. The quantitative estimate of drug-likeness (QED) is 0.836. The number of hydrogen-bond donors (Lipinski definition) is 0. The third-order valence-electron chi connectivity index (χ3n) is 5.67. The minimum absolute atomic E-state index is 0.0872. The number of carbonyl (C=O) groups is 1. The molecule has 0 aliphatic carbocycles. The maximum Gasteiger partial charge on any atom is 0.255 e. The van der Waals surface area contributed by atoms with Crippen LogP contribution < -0.4 is 4.90 Å². The van der Waals surface area contributed by atoms with Gasteiger partial charge in [0.05, 0.1) is 24.8 Å². The van der Waals surface area contributed by atoms with Crippen molar-refractivity contribution in [3.8, 4) is 0 Å². The highest BCUT2D eigenvalue weighted by Gasteiger charge is 2.29. The van der Waals surface area contributed by atoms with Gasteiger partial charge in [0, 0.05) is 44.8 Å². The van der Waals surface area contributed by atoms with Crippen molar-refractivity contribution in [2.75, 3.05) is 37.7 Å². The highest BCUT2D eigenvalue weighted by Crippen LogP contribution is 2.31. The van der Waals surface area contributed by atoms with Gasteiger partial charge in [-0.05, 0) is 37.1 Å². The van der Waals surface area contributed by atoms with Crippen LogP contribution in [0.3, 0.4) is 0 Å². The van der Waals surface area contributed by atoms with E-state index in [-0.39, 0.29) is 11.9 Å². The molecular weight excluding hydrogens is 340 g/mol. The number of ether oxygens (including phenoxy) is 1. The lowest BCUT2D eigenvalue weighted by molar-refractivity contribution is 0.0674. The predicted octanol–water partition coefficient (Wildman–Crippen LogP) is 3.01. The van der Waals surface area contributed by atoms with E-state index in [1.165, 1.54) is 12.1 Å². The van der Waals surface area contributed by atoms with Gasteiger partial charge in [0.15, 0.2) is 0 Å². The second kappa shape index (κ2) is 8.13. The number of hydrogen-bond acceptors (Lipinski definition) is 4. The first-order chi connectivity index (χ1) is 13.2. The molecule has 2 aromatic rings. The number of carbonyl (C=O) groups excluding carboxylic acids is 1. The van der Waals surface area contributed by atoms with Crippen LogP contribution in [0, 0.1) is 0 Å². The standard InChI is InChI=1S/C21H28N4O2/c1-23-10-5-7-18(23)19-6-3-2-4-11-25(19)21(26)17-8-9-20(22-16-17)24-12-14-27-15-13-24/h5,7-10,16,19H,2-4,6,11-15H2,1H3/t19-/m0/s1. The summed E-state index contributed by atoms with van der Waals surface area (Å²) in [5, 5.41) is 0. The fourth-order valence-corrected chi connectivity index (χ4v) is 4.14. The van der Waals surface area contributed by atoms with E-state index in [1.807, 2.05) is 17.0 Å². The molecule has 2 aliphatic heterocycles. The first kappa shape index (κ1) is 18.0. The number of likely N-dealkylation sites (tertiary alicyclic amines) is 1. The highest BCUT2D eigenvalue weighted by molar-refractivity contribution is 5.94. The molecule has 0 unspecified atom stereocenters. The fourth-order valence-electron chi connectivity index (χ4n) is 4.14. The smallest absolute Gasteiger partial charge is 0.255 e. The van der Waals surface area contributed by atoms with Gasteiger partial charge in [-0.15, -0.1) is 0 Å². The normalized spacial score (nSPS) is 21.1. The third kappa shape index (κ3) is 3.86. The van der Waals surface area contributed by atoms with Crippen LogP contribution in [-0.2, 0) is 11.8 Å². The molecule has 0 spiro atoms. The average molecular weight is 368 g/mol. The van der Waals surface area contributed by atoms with Crippen molar-refractivity contribution in [3.05, 3.63) is 47.9 Å². The number of anilines is 1. The Morgan fingerprint density at radius 1 is 1.11 bits per heavy atom. The van der Waals surface area contributed by atoms with E-state index < -0.39 is 0 Å². The van der Waals surface area contributed by atoms with E-state index in [4.69, 9.17) is 4.74 Å². The van der Waals surface area contributed by atoms with Crippen LogP contribution in [0.1, 0.15) is 47.8 Å². The summed E-state index contributed by atoms with van der Waals surface area (Å²) in [6.07, 6.45) is 8.21. The molecule has 2 saturated heterocycles. The molecule has 2 aromatic heterocycles. The number of nitrogens with zero attached hydrogens (tertiary/aromatic N) is 4. The van der Waals surface area contributed by atoms with E-state index in [9.17, 15) is 4.79 Å². The molecule has 4 rings (SSSR count). The summed E-state index contributed by atoms with van der Waals surface area (Å²) in [7, 11) is 2.06. The van der Waals surface area contributed by atoms with E-state index in [1.54, 1.807) is 6.20 Å². The van der Waals surface area contributed by atoms with E-state index in [0.29, 0.717) is 5.56 Å². The molecule has 0 saturated carbocycles. The monoisotopic (exact) mass is 368 g/mol. The summed E-state index contributed by atoms with van der Waals surface area (Å²) in [6.45, 7) is 3.97. The van der Waals surface area contributed by atoms with Crippen molar-refractivity contribution in [3.63, 3.8) is 0 Å². The van der Waals surface area contributed by atoms with Crippen molar-refractivity contribution < 1.29 is 9.53 Å². The van der Waals surface area contributed by atoms with Crippen LogP contribution in [-0.4, -0.2) is 53.2 Å². The second-order valence-electron chi connectivity index (χ2n) is 7.41. The number of pyridine rings is 1. The minimum atomic E-state index is 0.0872. The zero-order valence-electron chi connectivity index (χ0n) is 16.0. The first-order valence-corrected chi connectivity index (χ1v) is 9.95. The zero-order chi connectivity index (χ0) is 18.6. The molecule has 1 amide bonds. The SMILES string of the molecule is Cn1cccc1[C@@H]1CCCCCN1C(=O)c1ccc(N2CCOCC2)nc1. The topological polar surface area (TPSA) is 50.6 Å². The van der Waals surface area contributed by atoms with Crippen molar-refractivity contribution >= 4 is 11.7 Å². The number of amides is 1. The number of aromatic nitrogens is 2. The van der Waals surface area contributed by atoms with Crippen molar-refractivity contribution in [1.82, 2.24) is 14.5 Å². The Balaban J connectivity index is 1.55. The van der Waals surface area contributed by atoms with Crippen LogP contribution in [0.5, 0.6) is 0 Å². The molecule has 4 heterocycles. The Morgan fingerprint density at radius 2 is 1.96 bits per heavy atom. The van der Waals surface area contributed by atoms with Crippen molar-refractivity contribution in [1.29, 1.82) is 0 Å². The largest absolute Gasteiger partial charge is 0.378 e. The van der Waals surface area contributed by atoms with Gasteiger partial charge in [-0.3, -0.25) is 4.79 Å². The molecule has 0 aromatic carbocycles. The van der Waals surface area contributed by atoms with Gasteiger partial charge < -0.3 is 19.1 Å². The molecule has 0 radical (unpaired) electrons. The first-order valence-electron chi connectivity index (χ1n) is 9.95. The van der Waals surface area contributed by atoms with Crippen molar-refractivity contribution in [2.24, 2.45) is 7.05 Å². The molecule has 6 nitrogen and oxygen atoms in total. The molecule has 27 heavy (non-hydrogen) atoms. The lowest BCUT2D eigenvalue weighted by atomic mass is 10.1. The van der Waals surface area contributed by atoms with E-state index >= 15 is 0 Å². The molecule has 144 valence electrons. The van der Waals surface area contributed by atoms with Gasteiger partial charge in [-0.2, -0.15) is 0 Å². The summed E-state index contributed by atoms with van der Waals surface area (Å²) in [5.41, 5.74) is 1.89. The molecular formula is C21H28N4O2. The third-order valence-corrected chi connectivity index (χ3v) is 5.67. The molecule has 0 N–H and O–H groups in total. The average Bonchev–Trinajstić information content (AvgIpc) is 3.00. The van der Waals surface area contributed by atoms with Crippen LogP contribution in [0.15, 0.2) is 36.7 Å². The lowest BCUT2D eigenvalue weighted by Crippen LogP contribution is -2.37. The number of rotatable bonds is 3. The van der Waals surface area contributed by atoms with E-state index in [2.05, 4.69) is 39.8 Å². The lowest BCUT2D eigenvalue weighted by Gasteiger charge is -2.31. The van der Waals surface area contributed by atoms with Gasteiger partial charge in [0.25, 0.3) is 5.91 Å². The van der Waals surface area contributed by atoms with Gasteiger partial charge in [-0.1, -0.05) is 12.8 Å². The number of morpholine rings is 1. The Hall–Kier alpha value is -2.34. The number of aryl methyl sites for hydroxylation is 1. The predicted molar refractivity (Wildman–Crippen MR) is 105 cm³/mol. The Bertz CT molecular complexity index is 765. The molecule has 6 heteroatoms. The maximum atomic E-state index is 13.3. The zero-order valence-corrected chi connectivity index (χ0v) is 16.0. The Labute approximate surface area is 160 Å². The molecule has 0 bridgehead atoms. The van der Waals surface area contributed by atoms with Crippen LogP contribution in [0.25, 0.3) is 0 Å². The fraction of sp³-hybridized carbons (Fsp3) is 0.524. The van der Waals surface area contributed by atoms with Crippen LogP contribution in [0.2, 0.25) is 0 Å². The highest BCUT2D eigenvalue weighted by atomic mass is 16.5. The summed E-state index contributed by atoms with van der Waals surface area (Å²) in [5.74, 6) is 1.01. The summed E-state index contributed by atoms with van der Waals surface area (Å²) in [4.78, 5) is 22.1. The van der Waals surface area contributed by atoms with Gasteiger partial charge >= 0.3 is 0 Å². The van der Waals surface area contributed by atoms with Crippen molar-refractivity contribution in [2.45, 2.75) is 31.7 Å². The summed E-state index contributed by atoms with van der Waals surface area (Å²) in [6, 6.07) is 8.22. The minimum Gasteiger partial charge on any atom is -0.378 e. The van der Waals surface area contributed by atoms with E-state index in [0.717, 1.165) is 57.9 Å². The Kier molecular flexibility index (Phi) is 5.43. The van der Waals surface area contributed by atoms with Gasteiger partial charge in [-0.25, -0.2) is 4.98 Å². The molecule has 1 atom stereocenters. The molecule has 2 aliphatic rings. The maximum absolute atomic E-state index is 13.3. The Morgan fingerprint density at radius 3 is 2.67 bits per heavy atom. The van der Waals surface area contributed by atoms with Crippen LogP contribution in [0.4, 0.5) is 5.82 Å². The van der Waals surface area contributed by atoms with Crippen LogP contribution >= 0.6 is 0 Å². The van der Waals surface area contributed by atoms with Gasteiger partial charge in [0.1, 0.15) is 5.82 Å². The second-order valence-corrected chi connectivity index (χ2v) is 7.41. The summed E-state index contributed by atoms with van der Waals surface area (Å²) < 4.78 is 7.53. The molecule has 2 fully saturated rings. The van der Waals surface area contributed by atoms with Gasteiger partial charge in [0.2, 0.25) is 0 Å².